The van der Waals surface area contributed by atoms with Gasteiger partial charge in [0.1, 0.15) is 0 Å². The lowest BCUT2D eigenvalue weighted by Gasteiger charge is -2.26. The molecule has 0 radical (unpaired) electrons. The second kappa shape index (κ2) is 13.7. The van der Waals surface area contributed by atoms with Gasteiger partial charge in [0.25, 0.3) is 0 Å². The molecule has 0 aliphatic carbocycles. The first-order valence-electron chi connectivity index (χ1n) is 18.4. The fraction of sp³-hybridized carbons (Fsp3) is 0. The molecule has 0 saturated carbocycles. The summed E-state index contributed by atoms with van der Waals surface area (Å²) in [6, 6.07) is 77.1. The molecular formula is C52H35NS. The van der Waals surface area contributed by atoms with Crippen LogP contribution in [-0.2, 0) is 0 Å². The van der Waals surface area contributed by atoms with Crippen LogP contribution in [0.5, 0.6) is 0 Å². The van der Waals surface area contributed by atoms with E-state index in [9.17, 15) is 0 Å². The van der Waals surface area contributed by atoms with Crippen molar-refractivity contribution in [2.75, 3.05) is 4.90 Å². The summed E-state index contributed by atoms with van der Waals surface area (Å²) >= 11 is 1.86. The van der Waals surface area contributed by atoms with Gasteiger partial charge in [0.2, 0.25) is 0 Å². The Balaban J connectivity index is 0.978. The van der Waals surface area contributed by atoms with Crippen LogP contribution in [0, 0.1) is 0 Å². The topological polar surface area (TPSA) is 3.24 Å². The first kappa shape index (κ1) is 32.0. The van der Waals surface area contributed by atoms with Gasteiger partial charge in [-0.25, -0.2) is 0 Å². The van der Waals surface area contributed by atoms with Crippen LogP contribution in [0.4, 0.5) is 17.1 Å². The average molecular weight is 706 g/mol. The number of hydrogen-bond donors (Lipinski definition) is 0. The van der Waals surface area contributed by atoms with Gasteiger partial charge in [-0.15, -0.1) is 11.3 Å². The van der Waals surface area contributed by atoms with Crippen LogP contribution in [-0.4, -0.2) is 0 Å². The lowest BCUT2D eigenvalue weighted by atomic mass is 9.96. The zero-order chi connectivity index (χ0) is 35.8. The molecule has 0 aliphatic heterocycles. The van der Waals surface area contributed by atoms with Crippen molar-refractivity contribution < 1.29 is 0 Å². The fourth-order valence-electron chi connectivity index (χ4n) is 7.66. The number of nitrogens with zero attached hydrogens (tertiary/aromatic N) is 1. The minimum Gasteiger partial charge on any atom is -0.310 e. The Morgan fingerprint density at radius 2 is 0.759 bits per heavy atom. The standard InChI is InChI=1S/C52H35NS/c1-2-10-36(11-3-1)44-16-9-17-47(34-44)53(48-30-31-50-49-18-6-7-19-51(49)54-52(50)35-48)46-28-26-39(27-29-46)38-20-22-40(23-21-38)42-14-8-15-43(32-42)45-25-24-37-12-4-5-13-41(37)33-45/h1-35H. The van der Waals surface area contributed by atoms with E-state index >= 15 is 0 Å². The third-order valence-electron chi connectivity index (χ3n) is 10.5. The van der Waals surface area contributed by atoms with E-state index in [2.05, 4.69) is 217 Å². The molecule has 0 unspecified atom stereocenters. The number of rotatable bonds is 7. The highest BCUT2D eigenvalue weighted by Gasteiger charge is 2.16. The Morgan fingerprint density at radius 1 is 0.259 bits per heavy atom. The van der Waals surface area contributed by atoms with Crippen molar-refractivity contribution >= 4 is 59.3 Å². The van der Waals surface area contributed by atoms with Gasteiger partial charge in [-0.05, 0) is 110 Å². The molecule has 1 heterocycles. The third kappa shape index (κ3) is 6.03. The van der Waals surface area contributed by atoms with Crippen molar-refractivity contribution in [1.82, 2.24) is 0 Å². The quantitative estimate of drug-likeness (QED) is 0.160. The maximum atomic E-state index is 2.38. The fourth-order valence-corrected chi connectivity index (χ4v) is 8.80. The number of hydrogen-bond acceptors (Lipinski definition) is 2. The van der Waals surface area contributed by atoms with E-state index in [-0.39, 0.29) is 0 Å². The summed E-state index contributed by atoms with van der Waals surface area (Å²) in [5.74, 6) is 0. The predicted molar refractivity (Wildman–Crippen MR) is 233 cm³/mol. The van der Waals surface area contributed by atoms with Crippen molar-refractivity contribution in [1.29, 1.82) is 0 Å². The maximum absolute atomic E-state index is 2.38. The zero-order valence-corrected chi connectivity index (χ0v) is 30.4. The predicted octanol–water partition coefficient (Wildman–Crippen LogP) is 15.3. The van der Waals surface area contributed by atoms with Crippen molar-refractivity contribution in [3.05, 3.63) is 212 Å². The van der Waals surface area contributed by atoms with Crippen molar-refractivity contribution in [2.45, 2.75) is 0 Å². The molecule has 1 aromatic heterocycles. The second-order valence-electron chi connectivity index (χ2n) is 13.8. The molecule has 10 rings (SSSR count). The van der Waals surface area contributed by atoms with Crippen LogP contribution in [0.15, 0.2) is 212 Å². The lowest BCUT2D eigenvalue weighted by molar-refractivity contribution is 1.29. The van der Waals surface area contributed by atoms with E-state index in [1.54, 1.807) is 0 Å². The van der Waals surface area contributed by atoms with Gasteiger partial charge >= 0.3 is 0 Å². The Bertz CT molecular complexity index is 2920. The molecule has 0 amide bonds. The molecule has 0 N–H and O–H groups in total. The first-order valence-corrected chi connectivity index (χ1v) is 19.2. The Hall–Kier alpha value is -6.74. The summed E-state index contributed by atoms with van der Waals surface area (Å²) in [6.07, 6.45) is 0. The Kier molecular flexibility index (Phi) is 8.09. The number of anilines is 3. The molecule has 0 fully saturated rings. The summed E-state index contributed by atoms with van der Waals surface area (Å²) in [7, 11) is 0. The van der Waals surface area contributed by atoms with Crippen molar-refractivity contribution in [2.24, 2.45) is 0 Å². The molecule has 0 saturated heterocycles. The summed E-state index contributed by atoms with van der Waals surface area (Å²) in [6.45, 7) is 0. The van der Waals surface area contributed by atoms with Gasteiger partial charge in [-0.1, -0.05) is 158 Å². The number of fused-ring (bicyclic) bond motifs is 4. The van der Waals surface area contributed by atoms with Gasteiger partial charge in [-0.3, -0.25) is 0 Å². The van der Waals surface area contributed by atoms with E-state index in [1.807, 2.05) is 11.3 Å². The number of benzene rings is 9. The van der Waals surface area contributed by atoms with Crippen molar-refractivity contribution in [3.8, 4) is 44.5 Å². The molecule has 10 aromatic rings. The molecule has 54 heavy (non-hydrogen) atoms. The lowest BCUT2D eigenvalue weighted by Crippen LogP contribution is -2.09. The summed E-state index contributed by atoms with van der Waals surface area (Å²) < 4.78 is 2.60. The largest absolute Gasteiger partial charge is 0.310 e. The Morgan fingerprint density at radius 3 is 1.56 bits per heavy atom. The van der Waals surface area contributed by atoms with Crippen LogP contribution in [0.2, 0.25) is 0 Å². The molecule has 0 atom stereocenters. The van der Waals surface area contributed by atoms with Gasteiger partial charge in [0.05, 0.1) is 0 Å². The van der Waals surface area contributed by atoms with E-state index < -0.39 is 0 Å². The zero-order valence-electron chi connectivity index (χ0n) is 29.6. The molecular weight excluding hydrogens is 671 g/mol. The van der Waals surface area contributed by atoms with Gasteiger partial charge < -0.3 is 4.90 Å². The molecule has 1 nitrogen and oxygen atoms in total. The third-order valence-corrected chi connectivity index (χ3v) is 11.6. The van der Waals surface area contributed by atoms with Crippen LogP contribution >= 0.6 is 11.3 Å². The minimum atomic E-state index is 1.12. The molecule has 0 bridgehead atoms. The first-order chi connectivity index (χ1) is 26.7. The van der Waals surface area contributed by atoms with Crippen LogP contribution < -0.4 is 4.90 Å². The molecule has 0 aliphatic rings. The van der Waals surface area contributed by atoms with Crippen LogP contribution in [0.3, 0.4) is 0 Å². The molecule has 0 spiro atoms. The SMILES string of the molecule is c1ccc(-c2cccc(N(c3ccc(-c4ccc(-c5cccc(-c6ccc7ccccc7c6)c5)cc4)cc3)c3ccc4c(c3)sc3ccccc34)c2)cc1. The van der Waals surface area contributed by atoms with Crippen molar-refractivity contribution in [3.63, 3.8) is 0 Å². The van der Waals surface area contributed by atoms with Crippen LogP contribution in [0.25, 0.3) is 75.5 Å². The smallest absolute Gasteiger partial charge is 0.0476 e. The average Bonchev–Trinajstić information content (AvgIpc) is 3.62. The number of thiophene rings is 1. The molecule has 9 aromatic carbocycles. The van der Waals surface area contributed by atoms with Gasteiger partial charge in [0, 0.05) is 37.2 Å². The Labute approximate surface area is 319 Å². The van der Waals surface area contributed by atoms with Gasteiger partial charge in [-0.2, -0.15) is 0 Å². The normalized spacial score (nSPS) is 11.3. The maximum Gasteiger partial charge on any atom is 0.0476 e. The second-order valence-corrected chi connectivity index (χ2v) is 14.9. The minimum absolute atomic E-state index is 1.12. The monoisotopic (exact) mass is 705 g/mol. The molecule has 254 valence electrons. The summed E-state index contributed by atoms with van der Waals surface area (Å²) in [5, 5.41) is 5.14. The van der Waals surface area contributed by atoms with E-state index in [0.717, 1.165) is 17.1 Å². The highest BCUT2D eigenvalue weighted by Crippen LogP contribution is 2.42. The van der Waals surface area contributed by atoms with E-state index in [4.69, 9.17) is 0 Å². The molecule has 2 heteroatoms. The van der Waals surface area contributed by atoms with Crippen LogP contribution in [0.1, 0.15) is 0 Å². The highest BCUT2D eigenvalue weighted by atomic mass is 32.1. The van der Waals surface area contributed by atoms with E-state index in [0.29, 0.717) is 0 Å². The van der Waals surface area contributed by atoms with Gasteiger partial charge in [0.15, 0.2) is 0 Å². The summed E-state index contributed by atoms with van der Waals surface area (Å²) in [4.78, 5) is 2.38. The van der Waals surface area contributed by atoms with E-state index in [1.165, 1.54) is 75.5 Å². The highest BCUT2D eigenvalue weighted by molar-refractivity contribution is 7.25. The summed E-state index contributed by atoms with van der Waals surface area (Å²) in [5.41, 5.74) is 13.0.